The van der Waals surface area contributed by atoms with Gasteiger partial charge >= 0.3 is 0 Å². The van der Waals surface area contributed by atoms with Gasteiger partial charge in [0.15, 0.2) is 0 Å². The predicted molar refractivity (Wildman–Crippen MR) is 149 cm³/mol. The van der Waals surface area contributed by atoms with Gasteiger partial charge in [-0.2, -0.15) is 0 Å². The second kappa shape index (κ2) is 7.40. The van der Waals surface area contributed by atoms with Gasteiger partial charge in [-0.25, -0.2) is 0 Å². The molecule has 4 aliphatic rings. The molecular formula is C36H26O3. The Balaban J connectivity index is 1.28. The number of hydrogen-bond acceptors (Lipinski definition) is 3. The zero-order valence-corrected chi connectivity index (χ0v) is 21.4. The van der Waals surface area contributed by atoms with Crippen molar-refractivity contribution in [3.8, 4) is 11.5 Å². The zero-order chi connectivity index (χ0) is 25.7. The van der Waals surface area contributed by atoms with Crippen LogP contribution in [0.4, 0.5) is 0 Å². The lowest BCUT2D eigenvalue weighted by Crippen LogP contribution is -2.44. The first-order chi connectivity index (χ1) is 19.2. The van der Waals surface area contributed by atoms with Gasteiger partial charge in [0, 0.05) is 23.1 Å². The van der Waals surface area contributed by atoms with Gasteiger partial charge in [0.25, 0.3) is 5.79 Å². The van der Waals surface area contributed by atoms with Crippen molar-refractivity contribution in [1.82, 2.24) is 0 Å². The van der Waals surface area contributed by atoms with Crippen LogP contribution >= 0.6 is 0 Å². The maximum absolute atomic E-state index is 7.44. The van der Waals surface area contributed by atoms with Crippen LogP contribution in [-0.4, -0.2) is 5.79 Å². The average molecular weight is 507 g/mol. The summed E-state index contributed by atoms with van der Waals surface area (Å²) in [7, 11) is 0. The van der Waals surface area contributed by atoms with Crippen molar-refractivity contribution in [1.29, 1.82) is 0 Å². The minimum absolute atomic E-state index is 0.668. The molecule has 3 nitrogen and oxygen atoms in total. The van der Waals surface area contributed by atoms with E-state index < -0.39 is 17.0 Å². The van der Waals surface area contributed by atoms with Crippen molar-refractivity contribution in [3.05, 3.63) is 166 Å². The Hall–Kier alpha value is -4.34. The molecule has 1 spiro atoms. The van der Waals surface area contributed by atoms with Gasteiger partial charge in [-0.15, -0.1) is 0 Å². The second-order valence-electron chi connectivity index (χ2n) is 11.1. The number of benzene rings is 5. The van der Waals surface area contributed by atoms with Gasteiger partial charge in [0.2, 0.25) is 0 Å². The van der Waals surface area contributed by atoms with Crippen LogP contribution in [0.15, 0.2) is 121 Å². The lowest BCUT2D eigenvalue weighted by Gasteiger charge is -2.34. The predicted octanol–water partition coefficient (Wildman–Crippen LogP) is 7.27. The molecule has 0 amide bonds. The number of ether oxygens (including phenoxy) is 3. The van der Waals surface area contributed by atoms with E-state index in [2.05, 4.69) is 115 Å². The van der Waals surface area contributed by atoms with Crippen molar-refractivity contribution < 1.29 is 14.2 Å². The topological polar surface area (TPSA) is 27.7 Å². The van der Waals surface area contributed by atoms with E-state index >= 15 is 0 Å². The largest absolute Gasteiger partial charge is 0.452 e. The van der Waals surface area contributed by atoms with E-state index in [4.69, 9.17) is 14.2 Å². The van der Waals surface area contributed by atoms with Gasteiger partial charge in [-0.1, -0.05) is 103 Å². The molecule has 39 heavy (non-hydrogen) atoms. The Morgan fingerprint density at radius 1 is 0.487 bits per heavy atom. The minimum atomic E-state index is -0.725. The highest BCUT2D eigenvalue weighted by molar-refractivity contribution is 5.72. The van der Waals surface area contributed by atoms with Gasteiger partial charge < -0.3 is 14.2 Å². The molecule has 0 N–H and O–H groups in total. The third-order valence-corrected chi connectivity index (χ3v) is 9.11. The highest BCUT2D eigenvalue weighted by atomic mass is 16.7. The molecule has 3 unspecified atom stereocenters. The fourth-order valence-corrected chi connectivity index (χ4v) is 7.47. The summed E-state index contributed by atoms with van der Waals surface area (Å²) in [5.74, 6) is 1.17. The number of rotatable bonds is 2. The fourth-order valence-electron chi connectivity index (χ4n) is 7.47. The molecule has 5 aromatic carbocycles. The van der Waals surface area contributed by atoms with Crippen LogP contribution in [0.3, 0.4) is 0 Å². The number of para-hydroxylation sites is 1. The van der Waals surface area contributed by atoms with E-state index in [0.717, 1.165) is 47.5 Å². The number of hydrogen-bond donors (Lipinski definition) is 0. The van der Waals surface area contributed by atoms with Crippen LogP contribution in [0.1, 0.15) is 50.9 Å². The zero-order valence-electron chi connectivity index (χ0n) is 21.4. The van der Waals surface area contributed by atoms with E-state index in [-0.39, 0.29) is 0 Å². The first-order valence-corrected chi connectivity index (χ1v) is 13.8. The maximum Gasteiger partial charge on any atom is 0.255 e. The van der Waals surface area contributed by atoms with E-state index in [1.807, 2.05) is 6.07 Å². The standard InChI is InChI=1S/C36H26O3/c1-3-12-26(13-4-1)35-28-16-8-9-17-29(28)36(39-35,27-14-5-2-6-15-27)31-22-33-25(21-30(31)35)23-34(38-33)20-19-24-11-7-10-18-32(24)37-34/h1-18,21-22H,19-20,23H2. The molecule has 9 rings (SSSR count). The van der Waals surface area contributed by atoms with Gasteiger partial charge in [0.05, 0.1) is 6.42 Å². The van der Waals surface area contributed by atoms with E-state index in [0.29, 0.717) is 0 Å². The molecule has 0 aromatic heterocycles. The van der Waals surface area contributed by atoms with E-state index in [9.17, 15) is 0 Å². The molecule has 188 valence electrons. The number of fused-ring (bicyclic) bond motifs is 10. The van der Waals surface area contributed by atoms with Gasteiger partial charge in [0.1, 0.15) is 22.7 Å². The molecule has 0 radical (unpaired) electrons. The van der Waals surface area contributed by atoms with Crippen LogP contribution in [0.5, 0.6) is 11.5 Å². The summed E-state index contributed by atoms with van der Waals surface area (Å²) in [6, 6.07) is 42.9. The Morgan fingerprint density at radius 2 is 1.05 bits per heavy atom. The molecule has 0 aliphatic carbocycles. The van der Waals surface area contributed by atoms with Crippen molar-refractivity contribution in [2.75, 3.05) is 0 Å². The summed E-state index contributed by atoms with van der Waals surface area (Å²) < 4.78 is 20.8. The number of aryl methyl sites for hydroxylation is 1. The van der Waals surface area contributed by atoms with Crippen LogP contribution in [0, 0.1) is 0 Å². The molecule has 4 aliphatic heterocycles. The second-order valence-corrected chi connectivity index (χ2v) is 11.1. The minimum Gasteiger partial charge on any atom is -0.452 e. The quantitative estimate of drug-likeness (QED) is 0.252. The summed E-state index contributed by atoms with van der Waals surface area (Å²) in [4.78, 5) is 0. The highest BCUT2D eigenvalue weighted by Crippen LogP contribution is 2.67. The SMILES string of the molecule is c1ccc(C23OC(c4ccccc4)(c4ccccc42)c2cc4c(cc23)CC2(CCc3ccccc3O2)O4)cc1. The molecule has 0 fully saturated rings. The monoisotopic (exact) mass is 506 g/mol. The summed E-state index contributed by atoms with van der Waals surface area (Å²) in [6.45, 7) is 0. The molecule has 3 heteroatoms. The van der Waals surface area contributed by atoms with Crippen LogP contribution < -0.4 is 9.47 Å². The first-order valence-electron chi connectivity index (χ1n) is 13.8. The average Bonchev–Trinajstić information content (AvgIpc) is 3.61. The summed E-state index contributed by atoms with van der Waals surface area (Å²) in [5.41, 5.74) is 8.04. The fraction of sp³-hybridized carbons (Fsp3) is 0.167. The Bertz CT molecular complexity index is 1680. The van der Waals surface area contributed by atoms with Crippen molar-refractivity contribution in [2.45, 2.75) is 36.3 Å². The van der Waals surface area contributed by atoms with Crippen LogP contribution in [0.25, 0.3) is 0 Å². The van der Waals surface area contributed by atoms with E-state index in [1.165, 1.54) is 27.8 Å². The lowest BCUT2D eigenvalue weighted by atomic mass is 9.68. The molecule has 5 aromatic rings. The third kappa shape index (κ3) is 2.66. The smallest absolute Gasteiger partial charge is 0.255 e. The van der Waals surface area contributed by atoms with Gasteiger partial charge in [-0.05, 0) is 52.4 Å². The summed E-state index contributed by atoms with van der Waals surface area (Å²) >= 11 is 0. The van der Waals surface area contributed by atoms with Crippen molar-refractivity contribution in [2.24, 2.45) is 0 Å². The summed E-state index contributed by atoms with van der Waals surface area (Å²) in [5, 5.41) is 0. The molecule has 0 saturated carbocycles. The van der Waals surface area contributed by atoms with Crippen LogP contribution in [0.2, 0.25) is 0 Å². The van der Waals surface area contributed by atoms with Gasteiger partial charge in [-0.3, -0.25) is 0 Å². The molecule has 4 heterocycles. The molecular weight excluding hydrogens is 480 g/mol. The van der Waals surface area contributed by atoms with Crippen molar-refractivity contribution >= 4 is 0 Å². The third-order valence-electron chi connectivity index (χ3n) is 9.11. The first kappa shape index (κ1) is 21.6. The molecule has 0 saturated heterocycles. The molecule has 3 atom stereocenters. The van der Waals surface area contributed by atoms with E-state index in [1.54, 1.807) is 0 Å². The normalized spacial score (nSPS) is 26.8. The maximum atomic E-state index is 7.44. The highest BCUT2D eigenvalue weighted by Gasteiger charge is 2.64. The van der Waals surface area contributed by atoms with Crippen LogP contribution in [-0.2, 0) is 28.8 Å². The lowest BCUT2D eigenvalue weighted by molar-refractivity contribution is -0.111. The summed E-state index contributed by atoms with van der Waals surface area (Å²) in [6.07, 6.45) is 2.49. The Labute approximate surface area is 227 Å². The molecule has 2 bridgehead atoms. The Kier molecular flexibility index (Phi) is 4.09. The Morgan fingerprint density at radius 3 is 1.74 bits per heavy atom. The van der Waals surface area contributed by atoms with Crippen molar-refractivity contribution in [3.63, 3.8) is 0 Å².